The summed E-state index contributed by atoms with van der Waals surface area (Å²) < 4.78 is 5.37. The topological polar surface area (TPSA) is 66.8 Å². The lowest BCUT2D eigenvalue weighted by atomic mass is 10.2. The summed E-state index contributed by atoms with van der Waals surface area (Å²) in [5.41, 5.74) is 1.33. The molecule has 0 atom stereocenters. The fourth-order valence-electron chi connectivity index (χ4n) is 1.73. The molecule has 0 aromatic carbocycles. The van der Waals surface area contributed by atoms with Gasteiger partial charge in [-0.2, -0.15) is 0 Å². The van der Waals surface area contributed by atoms with E-state index in [1.54, 1.807) is 21.7 Å². The van der Waals surface area contributed by atoms with Crippen LogP contribution in [-0.4, -0.2) is 47.0 Å². The normalized spacial score (nSPS) is 15.8. The van der Waals surface area contributed by atoms with Gasteiger partial charge in [0.2, 0.25) is 0 Å². The molecule has 1 aromatic rings. The minimum atomic E-state index is -0.470. The highest BCUT2D eigenvalue weighted by Gasteiger charge is 2.24. The number of ether oxygens (including phenoxy) is 1. The average molecular weight is 296 g/mol. The van der Waals surface area contributed by atoms with Gasteiger partial charge in [-0.3, -0.25) is 14.9 Å². The number of nitrogens with zero attached hydrogens (tertiary/aromatic N) is 3. The minimum absolute atomic E-state index is 0.288. The Morgan fingerprint density at radius 3 is 3.00 bits per heavy atom. The fraction of sp³-hybridized carbons (Fsp3) is 0.615. The highest BCUT2D eigenvalue weighted by atomic mass is 32.1. The zero-order valence-electron chi connectivity index (χ0n) is 12.0. The summed E-state index contributed by atoms with van der Waals surface area (Å²) in [7, 11) is 0. The third-order valence-corrected chi connectivity index (χ3v) is 3.39. The summed E-state index contributed by atoms with van der Waals surface area (Å²) in [4.78, 5) is 23.2. The van der Waals surface area contributed by atoms with Crippen LogP contribution in [0, 0.1) is 0 Å². The summed E-state index contributed by atoms with van der Waals surface area (Å²) in [5, 5.41) is 3.24. The van der Waals surface area contributed by atoms with Crippen LogP contribution in [0.1, 0.15) is 25.6 Å². The molecule has 20 heavy (non-hydrogen) atoms. The Bertz CT molecular complexity index is 479. The van der Waals surface area contributed by atoms with E-state index >= 15 is 0 Å². The Labute approximate surface area is 122 Å². The monoisotopic (exact) mass is 296 g/mol. The van der Waals surface area contributed by atoms with Gasteiger partial charge in [0, 0.05) is 17.6 Å². The van der Waals surface area contributed by atoms with E-state index in [4.69, 9.17) is 4.74 Å². The summed E-state index contributed by atoms with van der Waals surface area (Å²) in [5.74, 6) is 0.815. The van der Waals surface area contributed by atoms with Crippen LogP contribution in [0.5, 0.6) is 0 Å². The van der Waals surface area contributed by atoms with E-state index in [0.717, 1.165) is 10.7 Å². The van der Waals surface area contributed by atoms with Gasteiger partial charge in [-0.15, -0.1) is 11.3 Å². The predicted molar refractivity (Wildman–Crippen MR) is 79.1 cm³/mol. The predicted octanol–water partition coefficient (Wildman–Crippen LogP) is 1.88. The zero-order valence-corrected chi connectivity index (χ0v) is 12.9. The second-order valence-electron chi connectivity index (χ2n) is 5.55. The van der Waals surface area contributed by atoms with Gasteiger partial charge in [0.05, 0.1) is 25.1 Å². The quantitative estimate of drug-likeness (QED) is 0.905. The average Bonchev–Trinajstić information content (AvgIpc) is 2.88. The van der Waals surface area contributed by atoms with Gasteiger partial charge < -0.3 is 10.1 Å². The van der Waals surface area contributed by atoms with Crippen LogP contribution in [0.25, 0.3) is 0 Å². The van der Waals surface area contributed by atoms with Gasteiger partial charge in [-0.25, -0.2) is 4.79 Å². The fourth-order valence-corrected chi connectivity index (χ4v) is 2.26. The number of hydrogen-bond donors (Lipinski definition) is 1. The van der Waals surface area contributed by atoms with Crippen molar-refractivity contribution in [3.05, 3.63) is 16.6 Å². The Morgan fingerprint density at radius 2 is 2.35 bits per heavy atom. The summed E-state index contributed by atoms with van der Waals surface area (Å²) >= 11 is 1.59. The van der Waals surface area contributed by atoms with Crippen LogP contribution in [0.2, 0.25) is 0 Å². The van der Waals surface area contributed by atoms with E-state index in [9.17, 15) is 4.79 Å². The first-order chi connectivity index (χ1) is 9.44. The van der Waals surface area contributed by atoms with Crippen LogP contribution < -0.4 is 5.32 Å². The summed E-state index contributed by atoms with van der Waals surface area (Å²) in [6, 6.07) is 0. The van der Waals surface area contributed by atoms with Gasteiger partial charge in [-0.1, -0.05) is 0 Å². The molecule has 1 N–H and O–H groups in total. The number of amidine groups is 1. The minimum Gasteiger partial charge on any atom is -0.444 e. The molecule has 6 nitrogen and oxygen atoms in total. The van der Waals surface area contributed by atoms with Gasteiger partial charge in [0.25, 0.3) is 0 Å². The van der Waals surface area contributed by atoms with E-state index in [1.807, 2.05) is 27.0 Å². The molecule has 2 rings (SSSR count). The van der Waals surface area contributed by atoms with E-state index in [-0.39, 0.29) is 6.09 Å². The number of carbonyl (C=O) groups is 1. The lowest BCUT2D eigenvalue weighted by Gasteiger charge is -2.29. The van der Waals surface area contributed by atoms with Gasteiger partial charge in [0.15, 0.2) is 0 Å². The van der Waals surface area contributed by atoms with E-state index in [2.05, 4.69) is 15.3 Å². The third kappa shape index (κ3) is 4.48. The number of amides is 1. The van der Waals surface area contributed by atoms with Crippen LogP contribution in [-0.2, 0) is 11.3 Å². The van der Waals surface area contributed by atoms with Crippen molar-refractivity contribution < 1.29 is 9.53 Å². The van der Waals surface area contributed by atoms with Crippen LogP contribution >= 0.6 is 11.3 Å². The zero-order chi connectivity index (χ0) is 14.6. The number of thiazole rings is 1. The van der Waals surface area contributed by atoms with Gasteiger partial charge in [-0.05, 0) is 20.8 Å². The van der Waals surface area contributed by atoms with Crippen LogP contribution in [0.15, 0.2) is 16.7 Å². The maximum Gasteiger partial charge on any atom is 0.410 e. The Morgan fingerprint density at radius 1 is 1.55 bits per heavy atom. The van der Waals surface area contributed by atoms with Crippen molar-refractivity contribution in [1.82, 2.24) is 15.2 Å². The van der Waals surface area contributed by atoms with Crippen molar-refractivity contribution in [3.8, 4) is 0 Å². The Balaban J connectivity index is 1.84. The molecule has 0 spiro atoms. The number of aliphatic imine (C=N–C) groups is 1. The number of aromatic nitrogens is 1. The molecule has 2 heterocycles. The smallest absolute Gasteiger partial charge is 0.410 e. The molecule has 1 amide bonds. The largest absolute Gasteiger partial charge is 0.444 e. The number of hydrogen-bond acceptors (Lipinski definition) is 6. The van der Waals surface area contributed by atoms with E-state index < -0.39 is 5.60 Å². The molecule has 1 aliphatic heterocycles. The van der Waals surface area contributed by atoms with Crippen LogP contribution in [0.3, 0.4) is 0 Å². The maximum absolute atomic E-state index is 12.0. The van der Waals surface area contributed by atoms with Gasteiger partial charge in [0.1, 0.15) is 11.4 Å². The molecule has 0 aliphatic carbocycles. The highest BCUT2D eigenvalue weighted by molar-refractivity contribution is 7.09. The number of rotatable bonds is 2. The first-order valence-corrected chi connectivity index (χ1v) is 7.44. The van der Waals surface area contributed by atoms with Crippen molar-refractivity contribution in [2.45, 2.75) is 32.9 Å². The highest BCUT2D eigenvalue weighted by Crippen LogP contribution is 2.11. The lowest BCUT2D eigenvalue weighted by molar-refractivity contribution is 0.0276. The first kappa shape index (κ1) is 14.8. The Kier molecular flexibility index (Phi) is 4.59. The first-order valence-electron chi connectivity index (χ1n) is 6.56. The van der Waals surface area contributed by atoms with Crippen molar-refractivity contribution >= 4 is 23.3 Å². The molecule has 0 radical (unpaired) electrons. The maximum atomic E-state index is 12.0. The van der Waals surface area contributed by atoms with Crippen molar-refractivity contribution in [2.75, 3.05) is 19.6 Å². The second kappa shape index (κ2) is 6.21. The molecule has 0 bridgehead atoms. The lowest BCUT2D eigenvalue weighted by Crippen LogP contribution is -2.47. The molecular weight excluding hydrogens is 276 g/mol. The Hall–Kier alpha value is -1.63. The van der Waals surface area contributed by atoms with Gasteiger partial charge >= 0.3 is 6.09 Å². The van der Waals surface area contributed by atoms with Crippen LogP contribution in [0.4, 0.5) is 4.79 Å². The van der Waals surface area contributed by atoms with E-state index in [1.165, 1.54) is 0 Å². The summed E-state index contributed by atoms with van der Waals surface area (Å²) in [6.45, 7) is 7.95. The molecule has 1 aromatic heterocycles. The molecule has 110 valence electrons. The molecule has 0 fully saturated rings. The molecule has 1 aliphatic rings. The molecule has 7 heteroatoms. The molecule has 0 saturated carbocycles. The second-order valence-corrected chi connectivity index (χ2v) is 6.52. The van der Waals surface area contributed by atoms with E-state index in [0.29, 0.717) is 26.2 Å². The van der Waals surface area contributed by atoms with Crippen molar-refractivity contribution in [2.24, 2.45) is 4.99 Å². The van der Waals surface area contributed by atoms with Crippen molar-refractivity contribution in [1.29, 1.82) is 0 Å². The standard InChI is InChI=1S/C13H20N4O2S/c1-13(2,3)19-12(18)17-5-4-15-11(8-17)16-7-10-6-14-9-20-10/h6,9H,4-5,7-8H2,1-3H3,(H,15,16). The SMILES string of the molecule is CC(C)(C)OC(=O)N1CCN=C(NCc2cncs2)C1. The molecule has 0 saturated heterocycles. The number of nitrogens with one attached hydrogen (secondary N) is 1. The molecule has 0 unspecified atom stereocenters. The van der Waals surface area contributed by atoms with Crippen molar-refractivity contribution in [3.63, 3.8) is 0 Å². The third-order valence-electron chi connectivity index (χ3n) is 2.62. The number of carbonyl (C=O) groups excluding carboxylic acids is 1. The molecular formula is C13H20N4O2S. The summed E-state index contributed by atoms with van der Waals surface area (Å²) in [6.07, 6.45) is 1.54.